The van der Waals surface area contributed by atoms with Crippen LogP contribution in [0.2, 0.25) is 0 Å². The number of nitrogens with one attached hydrogen (secondary N) is 1. The lowest BCUT2D eigenvalue weighted by Crippen LogP contribution is -2.49. The number of hydrogen-bond acceptors (Lipinski definition) is 4. The first-order valence-corrected chi connectivity index (χ1v) is 10.3. The van der Waals surface area contributed by atoms with Gasteiger partial charge < -0.3 is 5.32 Å². The minimum Gasteiger partial charge on any atom is -0.350 e. The molecule has 0 fully saturated rings. The fourth-order valence-electron chi connectivity index (χ4n) is 2.73. The van der Waals surface area contributed by atoms with Gasteiger partial charge in [0.05, 0.1) is 11.9 Å². The number of benzene rings is 1. The van der Waals surface area contributed by atoms with E-state index in [4.69, 9.17) is 0 Å². The number of carbonyl (C=O) groups excluding carboxylic acids is 1. The summed E-state index contributed by atoms with van der Waals surface area (Å²) in [6.07, 6.45) is 4.81. The van der Waals surface area contributed by atoms with Crippen molar-refractivity contribution in [2.75, 3.05) is 10.6 Å². The number of hydrogen-bond donors (Lipinski definition) is 1. The van der Waals surface area contributed by atoms with Crippen molar-refractivity contribution in [3.8, 4) is 0 Å². The molecule has 1 atom stereocenters. The van der Waals surface area contributed by atoms with Crippen molar-refractivity contribution in [2.45, 2.75) is 39.8 Å². The third-order valence-electron chi connectivity index (χ3n) is 4.26. The number of amides is 1. The second kappa shape index (κ2) is 8.31. The maximum atomic E-state index is 12.7. The molecule has 0 aliphatic rings. The average molecular weight is 375 g/mol. The molecule has 26 heavy (non-hydrogen) atoms. The molecule has 0 radical (unpaired) electrons. The molecule has 1 aromatic carbocycles. The minimum absolute atomic E-state index is 0.299. The van der Waals surface area contributed by atoms with Gasteiger partial charge in [0.1, 0.15) is 6.04 Å². The van der Waals surface area contributed by atoms with Gasteiger partial charge in [-0.2, -0.15) is 0 Å². The standard InChI is InChI=1S/C19H25N3O3S/c1-5-18(19(23)21-13-16-7-6-10-20-12-16)22(26(4,24)25)17-9-8-14(2)15(3)11-17/h6-12,18H,5,13H2,1-4H3,(H,21,23). The molecule has 0 saturated carbocycles. The van der Waals surface area contributed by atoms with Crippen LogP contribution in [-0.4, -0.2) is 31.6 Å². The number of nitrogens with zero attached hydrogens (tertiary/aromatic N) is 2. The summed E-state index contributed by atoms with van der Waals surface area (Å²) in [6.45, 7) is 5.98. The Morgan fingerprint density at radius 2 is 1.96 bits per heavy atom. The average Bonchev–Trinajstić information content (AvgIpc) is 2.60. The molecule has 0 aliphatic carbocycles. The summed E-state index contributed by atoms with van der Waals surface area (Å²) in [4.78, 5) is 16.7. The third-order valence-corrected chi connectivity index (χ3v) is 5.44. The van der Waals surface area contributed by atoms with Crippen molar-refractivity contribution in [3.63, 3.8) is 0 Å². The maximum absolute atomic E-state index is 12.7. The Balaban J connectivity index is 2.29. The van der Waals surface area contributed by atoms with Gasteiger partial charge in [-0.15, -0.1) is 0 Å². The summed E-state index contributed by atoms with van der Waals surface area (Å²) in [5.41, 5.74) is 3.39. The van der Waals surface area contributed by atoms with Crippen molar-refractivity contribution in [1.82, 2.24) is 10.3 Å². The fraction of sp³-hybridized carbons (Fsp3) is 0.368. The zero-order valence-corrected chi connectivity index (χ0v) is 16.4. The van der Waals surface area contributed by atoms with Crippen LogP contribution in [0, 0.1) is 13.8 Å². The van der Waals surface area contributed by atoms with E-state index in [2.05, 4.69) is 10.3 Å². The topological polar surface area (TPSA) is 79.4 Å². The van der Waals surface area contributed by atoms with Crippen molar-refractivity contribution in [1.29, 1.82) is 0 Å². The fourth-order valence-corrected chi connectivity index (χ4v) is 3.94. The Morgan fingerprint density at radius 3 is 2.50 bits per heavy atom. The van der Waals surface area contributed by atoms with E-state index in [0.717, 1.165) is 22.9 Å². The zero-order valence-electron chi connectivity index (χ0n) is 15.6. The van der Waals surface area contributed by atoms with Crippen molar-refractivity contribution in [2.24, 2.45) is 0 Å². The van der Waals surface area contributed by atoms with E-state index < -0.39 is 16.1 Å². The van der Waals surface area contributed by atoms with Crippen LogP contribution in [-0.2, 0) is 21.4 Å². The van der Waals surface area contributed by atoms with Crippen LogP contribution in [0.3, 0.4) is 0 Å². The number of anilines is 1. The first kappa shape index (κ1) is 19.9. The predicted molar refractivity (Wildman–Crippen MR) is 103 cm³/mol. The smallest absolute Gasteiger partial charge is 0.244 e. The number of rotatable bonds is 7. The lowest BCUT2D eigenvalue weighted by atomic mass is 10.1. The quantitative estimate of drug-likeness (QED) is 0.807. The van der Waals surface area contributed by atoms with Gasteiger partial charge in [-0.25, -0.2) is 8.42 Å². The predicted octanol–water partition coefficient (Wildman–Crippen LogP) is 2.56. The molecular formula is C19H25N3O3S. The Bertz CT molecular complexity index is 867. The van der Waals surface area contributed by atoms with Crippen LogP contribution in [0.25, 0.3) is 0 Å². The van der Waals surface area contributed by atoms with Gasteiger partial charge >= 0.3 is 0 Å². The Kier molecular flexibility index (Phi) is 6.37. The highest BCUT2D eigenvalue weighted by Crippen LogP contribution is 2.25. The molecule has 0 saturated heterocycles. The lowest BCUT2D eigenvalue weighted by Gasteiger charge is -2.30. The minimum atomic E-state index is -3.63. The number of sulfonamides is 1. The van der Waals surface area contributed by atoms with Crippen LogP contribution in [0.4, 0.5) is 5.69 Å². The molecule has 2 aromatic rings. The molecule has 0 spiro atoms. The Hall–Kier alpha value is -2.41. The molecule has 2 rings (SSSR count). The van der Waals surface area contributed by atoms with Gasteiger partial charge in [-0.05, 0) is 55.2 Å². The maximum Gasteiger partial charge on any atom is 0.244 e. The summed E-state index contributed by atoms with van der Waals surface area (Å²) in [7, 11) is -3.63. The Labute approximate surface area is 155 Å². The van der Waals surface area contributed by atoms with Crippen LogP contribution >= 0.6 is 0 Å². The van der Waals surface area contributed by atoms with E-state index in [1.165, 1.54) is 4.31 Å². The van der Waals surface area contributed by atoms with E-state index in [9.17, 15) is 13.2 Å². The van der Waals surface area contributed by atoms with Gasteiger partial charge in [0.15, 0.2) is 0 Å². The van der Waals surface area contributed by atoms with Gasteiger partial charge in [0.2, 0.25) is 15.9 Å². The molecule has 0 aliphatic heterocycles. The number of aryl methyl sites for hydroxylation is 2. The summed E-state index contributed by atoms with van der Waals surface area (Å²) in [5.74, 6) is -0.333. The van der Waals surface area contributed by atoms with Gasteiger partial charge in [-0.1, -0.05) is 19.1 Å². The van der Waals surface area contributed by atoms with E-state index in [1.807, 2.05) is 26.0 Å². The molecule has 7 heteroatoms. The van der Waals surface area contributed by atoms with Crippen molar-refractivity contribution >= 4 is 21.6 Å². The van der Waals surface area contributed by atoms with E-state index >= 15 is 0 Å². The highest BCUT2D eigenvalue weighted by molar-refractivity contribution is 7.92. The molecule has 140 valence electrons. The van der Waals surface area contributed by atoms with Crippen LogP contribution in [0.1, 0.15) is 30.0 Å². The van der Waals surface area contributed by atoms with Gasteiger partial charge in [0.25, 0.3) is 0 Å². The molecule has 1 heterocycles. The first-order valence-electron chi connectivity index (χ1n) is 8.47. The van der Waals surface area contributed by atoms with E-state index in [0.29, 0.717) is 18.7 Å². The van der Waals surface area contributed by atoms with E-state index in [1.54, 1.807) is 37.5 Å². The lowest BCUT2D eigenvalue weighted by molar-refractivity contribution is -0.122. The molecule has 6 nitrogen and oxygen atoms in total. The summed E-state index contributed by atoms with van der Waals surface area (Å²) in [5, 5.41) is 2.81. The van der Waals surface area contributed by atoms with Crippen molar-refractivity contribution < 1.29 is 13.2 Å². The molecule has 1 unspecified atom stereocenters. The van der Waals surface area contributed by atoms with Gasteiger partial charge in [0, 0.05) is 18.9 Å². The summed E-state index contributed by atoms with van der Waals surface area (Å²) in [6, 6.07) is 8.23. The second-order valence-corrected chi connectivity index (χ2v) is 8.19. The molecule has 1 N–H and O–H groups in total. The normalized spacial score (nSPS) is 12.5. The molecule has 1 amide bonds. The molecule has 1 aromatic heterocycles. The number of pyridine rings is 1. The largest absolute Gasteiger partial charge is 0.350 e. The van der Waals surface area contributed by atoms with Crippen LogP contribution in [0.5, 0.6) is 0 Å². The monoisotopic (exact) mass is 375 g/mol. The highest BCUT2D eigenvalue weighted by Gasteiger charge is 2.31. The first-order chi connectivity index (χ1) is 12.2. The highest BCUT2D eigenvalue weighted by atomic mass is 32.2. The van der Waals surface area contributed by atoms with E-state index in [-0.39, 0.29) is 5.91 Å². The third kappa shape index (κ3) is 4.82. The summed E-state index contributed by atoms with van der Waals surface area (Å²) >= 11 is 0. The summed E-state index contributed by atoms with van der Waals surface area (Å²) < 4.78 is 26.1. The number of aromatic nitrogens is 1. The Morgan fingerprint density at radius 1 is 1.23 bits per heavy atom. The molecular weight excluding hydrogens is 350 g/mol. The second-order valence-electron chi connectivity index (χ2n) is 6.33. The molecule has 0 bridgehead atoms. The van der Waals surface area contributed by atoms with Crippen molar-refractivity contribution in [3.05, 3.63) is 59.4 Å². The zero-order chi connectivity index (χ0) is 19.3. The van der Waals surface area contributed by atoms with Crippen LogP contribution < -0.4 is 9.62 Å². The van der Waals surface area contributed by atoms with Crippen LogP contribution in [0.15, 0.2) is 42.7 Å². The SMILES string of the molecule is CCC(C(=O)NCc1cccnc1)N(c1ccc(C)c(C)c1)S(C)(=O)=O. The van der Waals surface area contributed by atoms with Gasteiger partial charge in [-0.3, -0.25) is 14.1 Å². The number of carbonyl (C=O) groups is 1.